The Kier molecular flexibility index (Phi) is 5.03. The van der Waals surface area contributed by atoms with E-state index >= 15 is 0 Å². The van der Waals surface area contributed by atoms with Gasteiger partial charge in [-0.2, -0.15) is 0 Å². The molecule has 0 radical (unpaired) electrons. The van der Waals surface area contributed by atoms with E-state index in [1.807, 2.05) is 68.6 Å². The van der Waals surface area contributed by atoms with Crippen LogP contribution in [0.4, 0.5) is 5.69 Å². The smallest absolute Gasteiger partial charge is 0.263 e. The first kappa shape index (κ1) is 19.1. The van der Waals surface area contributed by atoms with Crippen molar-refractivity contribution in [3.63, 3.8) is 0 Å². The second-order valence-electron chi connectivity index (χ2n) is 7.17. The standard InChI is InChI=1S/C23H21N3O2S/c1-14-7-9-17(10-8-14)18-12-29-22-21(18)23(28)26(13-24-22)11-20(27)25-19-6-4-5-15(2)16(19)3/h4-10,12-13H,11H2,1-3H3,(H,25,27). The second-order valence-corrected chi connectivity index (χ2v) is 8.03. The highest BCUT2D eigenvalue weighted by atomic mass is 32.1. The quantitative estimate of drug-likeness (QED) is 0.538. The van der Waals surface area contributed by atoms with Crippen LogP contribution in [0.1, 0.15) is 16.7 Å². The van der Waals surface area contributed by atoms with Crippen LogP contribution in [-0.2, 0) is 11.3 Å². The first-order valence-electron chi connectivity index (χ1n) is 9.34. The van der Waals surface area contributed by atoms with E-state index in [1.54, 1.807) is 0 Å². The topological polar surface area (TPSA) is 64.0 Å². The van der Waals surface area contributed by atoms with Gasteiger partial charge < -0.3 is 5.32 Å². The van der Waals surface area contributed by atoms with Gasteiger partial charge in [0.1, 0.15) is 11.4 Å². The SMILES string of the molecule is Cc1ccc(-c2csc3ncn(CC(=O)Nc4cccc(C)c4C)c(=O)c23)cc1. The highest BCUT2D eigenvalue weighted by Crippen LogP contribution is 2.30. The van der Waals surface area contributed by atoms with Gasteiger partial charge >= 0.3 is 0 Å². The monoisotopic (exact) mass is 403 g/mol. The van der Waals surface area contributed by atoms with Gasteiger partial charge in [0.25, 0.3) is 5.56 Å². The largest absolute Gasteiger partial charge is 0.324 e. The molecule has 0 saturated carbocycles. The van der Waals surface area contributed by atoms with Crippen molar-refractivity contribution in [2.75, 3.05) is 5.32 Å². The van der Waals surface area contributed by atoms with Crippen molar-refractivity contribution in [1.82, 2.24) is 9.55 Å². The van der Waals surface area contributed by atoms with Gasteiger partial charge in [-0.25, -0.2) is 4.98 Å². The normalized spacial score (nSPS) is 11.0. The van der Waals surface area contributed by atoms with Crippen molar-refractivity contribution >= 4 is 33.1 Å². The first-order valence-corrected chi connectivity index (χ1v) is 10.2. The van der Waals surface area contributed by atoms with Crippen molar-refractivity contribution in [3.8, 4) is 11.1 Å². The fraction of sp³-hybridized carbons (Fsp3) is 0.174. The Bertz CT molecular complexity index is 1270. The summed E-state index contributed by atoms with van der Waals surface area (Å²) in [5.41, 5.74) is 5.65. The lowest BCUT2D eigenvalue weighted by Crippen LogP contribution is -2.28. The lowest BCUT2D eigenvalue weighted by molar-refractivity contribution is -0.116. The lowest BCUT2D eigenvalue weighted by atomic mass is 10.1. The average molecular weight is 404 g/mol. The van der Waals surface area contributed by atoms with E-state index in [9.17, 15) is 9.59 Å². The number of carbonyl (C=O) groups is 1. The number of nitrogens with zero attached hydrogens (tertiary/aromatic N) is 2. The number of benzene rings is 2. The third-order valence-electron chi connectivity index (χ3n) is 5.12. The number of carbonyl (C=O) groups excluding carboxylic acids is 1. The molecule has 0 aliphatic carbocycles. The molecule has 5 nitrogen and oxygen atoms in total. The molecule has 0 saturated heterocycles. The number of aromatic nitrogens is 2. The fourth-order valence-corrected chi connectivity index (χ4v) is 4.16. The summed E-state index contributed by atoms with van der Waals surface area (Å²) in [5, 5.41) is 5.40. The molecule has 29 heavy (non-hydrogen) atoms. The molecule has 2 aromatic carbocycles. The fourth-order valence-electron chi connectivity index (χ4n) is 3.26. The Morgan fingerprint density at radius 3 is 2.62 bits per heavy atom. The Labute approximate surface area is 172 Å². The number of nitrogens with one attached hydrogen (secondary N) is 1. The minimum atomic E-state index is -0.255. The van der Waals surface area contributed by atoms with Crippen LogP contribution in [0.15, 0.2) is 59.0 Å². The van der Waals surface area contributed by atoms with Gasteiger partial charge in [0, 0.05) is 16.6 Å². The molecule has 0 atom stereocenters. The molecule has 0 bridgehead atoms. The maximum absolute atomic E-state index is 13.1. The van der Waals surface area contributed by atoms with Crippen LogP contribution in [-0.4, -0.2) is 15.5 Å². The van der Waals surface area contributed by atoms with Gasteiger partial charge in [-0.3, -0.25) is 14.2 Å². The molecule has 1 N–H and O–H groups in total. The predicted molar refractivity (Wildman–Crippen MR) is 119 cm³/mol. The highest BCUT2D eigenvalue weighted by molar-refractivity contribution is 7.17. The number of hydrogen-bond acceptors (Lipinski definition) is 4. The Hall–Kier alpha value is -3.25. The summed E-state index contributed by atoms with van der Waals surface area (Å²) in [6, 6.07) is 13.8. The molecule has 0 aliphatic rings. The van der Waals surface area contributed by atoms with Crippen molar-refractivity contribution in [1.29, 1.82) is 0 Å². The maximum atomic E-state index is 13.1. The molecule has 146 valence electrons. The number of thiophene rings is 1. The lowest BCUT2D eigenvalue weighted by Gasteiger charge is -2.11. The van der Waals surface area contributed by atoms with E-state index < -0.39 is 0 Å². The van der Waals surface area contributed by atoms with Crippen molar-refractivity contribution in [2.24, 2.45) is 0 Å². The van der Waals surface area contributed by atoms with Crippen molar-refractivity contribution in [3.05, 3.63) is 81.2 Å². The maximum Gasteiger partial charge on any atom is 0.263 e. The van der Waals surface area contributed by atoms with E-state index in [0.717, 1.165) is 33.5 Å². The number of amides is 1. The van der Waals surface area contributed by atoms with E-state index in [0.29, 0.717) is 10.2 Å². The summed E-state index contributed by atoms with van der Waals surface area (Å²) in [4.78, 5) is 30.8. The number of fused-ring (bicyclic) bond motifs is 1. The van der Waals surface area contributed by atoms with E-state index in [1.165, 1.54) is 22.2 Å². The van der Waals surface area contributed by atoms with Gasteiger partial charge in [-0.05, 0) is 43.5 Å². The van der Waals surface area contributed by atoms with E-state index in [-0.39, 0.29) is 18.0 Å². The molecular weight excluding hydrogens is 382 g/mol. The highest BCUT2D eigenvalue weighted by Gasteiger charge is 2.15. The van der Waals surface area contributed by atoms with Gasteiger partial charge in [-0.1, -0.05) is 42.0 Å². The first-order chi connectivity index (χ1) is 13.9. The summed E-state index contributed by atoms with van der Waals surface area (Å²) >= 11 is 1.44. The zero-order chi connectivity index (χ0) is 20.5. The predicted octanol–water partition coefficient (Wildman–Crippen LogP) is 4.69. The van der Waals surface area contributed by atoms with Crippen LogP contribution in [0, 0.1) is 20.8 Å². The molecular formula is C23H21N3O2S. The van der Waals surface area contributed by atoms with Gasteiger partial charge in [0.2, 0.25) is 5.91 Å². The van der Waals surface area contributed by atoms with Gasteiger partial charge in [0.15, 0.2) is 0 Å². The van der Waals surface area contributed by atoms with Crippen LogP contribution < -0.4 is 10.9 Å². The molecule has 0 unspecified atom stereocenters. The molecule has 2 aromatic heterocycles. The number of rotatable bonds is 4. The van der Waals surface area contributed by atoms with Crippen LogP contribution in [0.2, 0.25) is 0 Å². The molecule has 2 heterocycles. The molecule has 6 heteroatoms. The molecule has 0 aliphatic heterocycles. The summed E-state index contributed by atoms with van der Waals surface area (Å²) in [6.07, 6.45) is 1.45. The summed E-state index contributed by atoms with van der Waals surface area (Å²) in [6.45, 7) is 5.90. The second kappa shape index (κ2) is 7.64. The van der Waals surface area contributed by atoms with Crippen molar-refractivity contribution in [2.45, 2.75) is 27.3 Å². The molecule has 0 fully saturated rings. The van der Waals surface area contributed by atoms with Crippen molar-refractivity contribution < 1.29 is 4.79 Å². The van der Waals surface area contributed by atoms with E-state index in [2.05, 4.69) is 10.3 Å². The Balaban J connectivity index is 1.66. The third-order valence-corrected chi connectivity index (χ3v) is 6.00. The number of aryl methyl sites for hydroxylation is 2. The Morgan fingerprint density at radius 2 is 1.86 bits per heavy atom. The molecule has 4 aromatic rings. The van der Waals surface area contributed by atoms with Crippen LogP contribution in [0.25, 0.3) is 21.3 Å². The molecule has 0 spiro atoms. The summed E-state index contributed by atoms with van der Waals surface area (Å²) < 4.78 is 1.37. The van der Waals surface area contributed by atoms with Gasteiger partial charge in [0.05, 0.1) is 11.7 Å². The zero-order valence-electron chi connectivity index (χ0n) is 16.5. The minimum absolute atomic E-state index is 0.0850. The summed E-state index contributed by atoms with van der Waals surface area (Å²) in [7, 11) is 0. The van der Waals surface area contributed by atoms with Crippen LogP contribution >= 0.6 is 11.3 Å². The van der Waals surface area contributed by atoms with Gasteiger partial charge in [-0.15, -0.1) is 11.3 Å². The average Bonchev–Trinajstić information content (AvgIpc) is 3.13. The summed E-state index contributed by atoms with van der Waals surface area (Å²) in [5.74, 6) is -0.255. The number of anilines is 1. The van der Waals surface area contributed by atoms with Crippen LogP contribution in [0.3, 0.4) is 0 Å². The molecule has 4 rings (SSSR count). The zero-order valence-corrected chi connectivity index (χ0v) is 17.3. The molecule has 1 amide bonds. The van der Waals surface area contributed by atoms with Crippen LogP contribution in [0.5, 0.6) is 0 Å². The minimum Gasteiger partial charge on any atom is -0.324 e. The third kappa shape index (κ3) is 3.71. The van der Waals surface area contributed by atoms with E-state index in [4.69, 9.17) is 0 Å². The number of hydrogen-bond donors (Lipinski definition) is 1. The Morgan fingerprint density at radius 1 is 1.10 bits per heavy atom.